The lowest BCUT2D eigenvalue weighted by Crippen LogP contribution is -2.43. The normalized spacial score (nSPS) is 17.4. The van der Waals surface area contributed by atoms with Crippen LogP contribution in [-0.4, -0.2) is 42.7 Å². The van der Waals surface area contributed by atoms with Crippen LogP contribution in [0.5, 0.6) is 0 Å². The lowest BCUT2D eigenvalue weighted by molar-refractivity contribution is 0.306. The maximum Gasteiger partial charge on any atom is 0.184 e. The van der Waals surface area contributed by atoms with Gasteiger partial charge in [-0.2, -0.15) is 0 Å². The molecule has 22 heavy (non-hydrogen) atoms. The van der Waals surface area contributed by atoms with Crippen molar-refractivity contribution in [2.24, 2.45) is 0 Å². The molecule has 0 bridgehead atoms. The van der Waals surface area contributed by atoms with Crippen LogP contribution in [-0.2, 0) is 9.84 Å². The van der Waals surface area contributed by atoms with Crippen molar-refractivity contribution in [3.63, 3.8) is 0 Å². The fourth-order valence-electron chi connectivity index (χ4n) is 2.97. The topological polar surface area (TPSA) is 76.3 Å². The molecular weight excluding hydrogens is 318 g/mol. The van der Waals surface area contributed by atoms with E-state index in [0.717, 1.165) is 36.1 Å². The van der Waals surface area contributed by atoms with Crippen molar-refractivity contribution >= 4 is 36.5 Å². The summed E-state index contributed by atoms with van der Waals surface area (Å²) < 4.78 is 26.0. The molecular formula is C15H21N3O2S2. The van der Waals surface area contributed by atoms with Crippen molar-refractivity contribution < 1.29 is 8.42 Å². The highest BCUT2D eigenvalue weighted by atomic mass is 32.2. The van der Waals surface area contributed by atoms with E-state index in [2.05, 4.69) is 9.88 Å². The molecule has 3 rings (SSSR count). The first-order valence-electron chi connectivity index (χ1n) is 7.43. The highest BCUT2D eigenvalue weighted by molar-refractivity contribution is 7.92. The number of anilines is 1. The van der Waals surface area contributed by atoms with Crippen LogP contribution in [0.25, 0.3) is 10.2 Å². The van der Waals surface area contributed by atoms with Gasteiger partial charge in [-0.25, -0.2) is 13.4 Å². The number of rotatable bonds is 4. The molecule has 1 fully saturated rings. The second kappa shape index (κ2) is 5.47. The molecule has 5 nitrogen and oxygen atoms in total. The fraction of sp³-hybridized carbons (Fsp3) is 0.533. The highest BCUT2D eigenvalue weighted by Gasteiger charge is 2.38. The van der Waals surface area contributed by atoms with Crippen LogP contribution >= 0.6 is 11.3 Å². The van der Waals surface area contributed by atoms with E-state index in [9.17, 15) is 8.42 Å². The lowest BCUT2D eigenvalue weighted by Gasteiger charge is -2.29. The van der Waals surface area contributed by atoms with E-state index in [1.807, 2.05) is 13.8 Å². The molecule has 7 heteroatoms. The number of nitrogen functional groups attached to an aromatic ring is 1. The molecule has 0 saturated carbocycles. The van der Waals surface area contributed by atoms with Gasteiger partial charge in [0.25, 0.3) is 0 Å². The van der Waals surface area contributed by atoms with Gasteiger partial charge < -0.3 is 10.6 Å². The summed E-state index contributed by atoms with van der Waals surface area (Å²) in [7, 11) is -3.41. The summed E-state index contributed by atoms with van der Waals surface area (Å²) in [4.78, 5) is 6.77. The van der Waals surface area contributed by atoms with Crippen LogP contribution in [0, 0.1) is 0 Å². The standard InChI is InChI=1S/C15H21N3O2S2/c1-15(2,10-18-7-3-4-8-18)22(19,20)11-5-6-12-13(9-11)21-14(16)17-12/h5-6,9H,3-4,7-8,10H2,1-2H3,(H2,16,17). The Kier molecular flexibility index (Phi) is 3.91. The first-order valence-corrected chi connectivity index (χ1v) is 9.73. The minimum atomic E-state index is -3.41. The van der Waals surface area contributed by atoms with Gasteiger partial charge in [0, 0.05) is 6.54 Å². The predicted octanol–water partition coefficient (Wildman–Crippen LogP) is 2.53. The number of fused-ring (bicyclic) bond motifs is 1. The number of likely N-dealkylation sites (tertiary alicyclic amines) is 1. The lowest BCUT2D eigenvalue weighted by atomic mass is 10.2. The summed E-state index contributed by atoms with van der Waals surface area (Å²) in [5.41, 5.74) is 6.44. The second-order valence-electron chi connectivity index (χ2n) is 6.43. The predicted molar refractivity (Wildman–Crippen MR) is 91.0 cm³/mol. The minimum Gasteiger partial charge on any atom is -0.375 e. The van der Waals surface area contributed by atoms with Crippen LogP contribution in [0.1, 0.15) is 26.7 Å². The van der Waals surface area contributed by atoms with Gasteiger partial charge in [-0.15, -0.1) is 0 Å². The molecule has 0 atom stereocenters. The molecule has 2 N–H and O–H groups in total. The zero-order valence-electron chi connectivity index (χ0n) is 12.9. The molecule has 0 unspecified atom stereocenters. The van der Waals surface area contributed by atoms with E-state index in [1.54, 1.807) is 18.2 Å². The first kappa shape index (κ1) is 15.7. The van der Waals surface area contributed by atoms with Gasteiger partial charge in [0.2, 0.25) is 0 Å². The van der Waals surface area contributed by atoms with Gasteiger partial charge in [-0.3, -0.25) is 0 Å². The van der Waals surface area contributed by atoms with Gasteiger partial charge in [-0.05, 0) is 58.0 Å². The zero-order chi connectivity index (χ0) is 16.0. The van der Waals surface area contributed by atoms with Gasteiger partial charge in [0.05, 0.1) is 19.9 Å². The van der Waals surface area contributed by atoms with E-state index >= 15 is 0 Å². The van der Waals surface area contributed by atoms with Crippen molar-refractivity contribution in [3.8, 4) is 0 Å². The minimum absolute atomic E-state index is 0.354. The molecule has 2 heterocycles. The molecule has 0 amide bonds. The number of thiazole rings is 1. The van der Waals surface area contributed by atoms with E-state index in [4.69, 9.17) is 5.73 Å². The van der Waals surface area contributed by atoms with E-state index in [0.29, 0.717) is 16.6 Å². The van der Waals surface area contributed by atoms with Crippen molar-refractivity contribution in [1.29, 1.82) is 0 Å². The summed E-state index contributed by atoms with van der Waals surface area (Å²) in [6.45, 7) is 6.17. The second-order valence-corrected chi connectivity index (χ2v) is 10.1. The Hall–Kier alpha value is -1.18. The van der Waals surface area contributed by atoms with Gasteiger partial charge in [-0.1, -0.05) is 11.3 Å². The molecule has 0 spiro atoms. The van der Waals surface area contributed by atoms with Crippen LogP contribution in [0.2, 0.25) is 0 Å². The van der Waals surface area contributed by atoms with E-state index in [1.165, 1.54) is 11.3 Å². The Morgan fingerprint density at radius 3 is 2.68 bits per heavy atom. The van der Waals surface area contributed by atoms with Gasteiger partial charge >= 0.3 is 0 Å². The van der Waals surface area contributed by atoms with Crippen molar-refractivity contribution in [3.05, 3.63) is 18.2 Å². The Labute approximate surface area is 135 Å². The average Bonchev–Trinajstić information content (AvgIpc) is 3.04. The van der Waals surface area contributed by atoms with Crippen LogP contribution in [0.3, 0.4) is 0 Å². The highest BCUT2D eigenvalue weighted by Crippen LogP contribution is 2.32. The van der Waals surface area contributed by atoms with Gasteiger partial charge in [0.15, 0.2) is 15.0 Å². The quantitative estimate of drug-likeness (QED) is 0.926. The van der Waals surface area contributed by atoms with Crippen LogP contribution in [0.4, 0.5) is 5.13 Å². The average molecular weight is 339 g/mol. The molecule has 2 aromatic rings. The first-order chi connectivity index (χ1) is 10.3. The Morgan fingerprint density at radius 2 is 2.00 bits per heavy atom. The molecule has 1 saturated heterocycles. The van der Waals surface area contributed by atoms with E-state index in [-0.39, 0.29) is 0 Å². The maximum absolute atomic E-state index is 13.0. The number of sulfone groups is 1. The molecule has 120 valence electrons. The largest absolute Gasteiger partial charge is 0.375 e. The molecule has 1 aliphatic rings. The third-order valence-electron chi connectivity index (χ3n) is 4.22. The number of aromatic nitrogens is 1. The molecule has 0 aliphatic carbocycles. The SMILES string of the molecule is CC(C)(CN1CCCC1)S(=O)(=O)c1ccc2nc(N)sc2c1. The summed E-state index contributed by atoms with van der Waals surface area (Å²) in [5.74, 6) is 0. The third-order valence-corrected chi connectivity index (χ3v) is 7.52. The zero-order valence-corrected chi connectivity index (χ0v) is 14.5. The Morgan fingerprint density at radius 1 is 1.32 bits per heavy atom. The monoisotopic (exact) mass is 339 g/mol. The summed E-state index contributed by atoms with van der Waals surface area (Å²) >= 11 is 1.32. The number of nitrogens with zero attached hydrogens (tertiary/aromatic N) is 2. The third kappa shape index (κ3) is 2.73. The van der Waals surface area contributed by atoms with E-state index < -0.39 is 14.6 Å². The van der Waals surface area contributed by atoms with Crippen molar-refractivity contribution in [2.75, 3.05) is 25.4 Å². The summed E-state index contributed by atoms with van der Waals surface area (Å²) in [5, 5.41) is 0.459. The number of hydrogen-bond donors (Lipinski definition) is 1. The van der Waals surface area contributed by atoms with Crippen molar-refractivity contribution in [1.82, 2.24) is 9.88 Å². The molecule has 1 aliphatic heterocycles. The summed E-state index contributed by atoms with van der Waals surface area (Å²) in [6.07, 6.45) is 2.31. The Bertz CT molecular complexity index is 790. The fourth-order valence-corrected chi connectivity index (χ4v) is 5.33. The number of hydrogen-bond acceptors (Lipinski definition) is 6. The molecule has 1 aromatic carbocycles. The molecule has 0 radical (unpaired) electrons. The summed E-state index contributed by atoms with van der Waals surface area (Å²) in [6, 6.07) is 5.08. The smallest absolute Gasteiger partial charge is 0.184 e. The van der Waals surface area contributed by atoms with Gasteiger partial charge in [0.1, 0.15) is 0 Å². The molecule has 1 aromatic heterocycles. The van der Waals surface area contributed by atoms with Crippen molar-refractivity contribution in [2.45, 2.75) is 36.3 Å². The van der Waals surface area contributed by atoms with Crippen LogP contribution < -0.4 is 5.73 Å². The maximum atomic E-state index is 13.0. The number of benzene rings is 1. The van der Waals surface area contributed by atoms with Crippen LogP contribution in [0.15, 0.2) is 23.1 Å². The Balaban J connectivity index is 1.94. The number of nitrogens with two attached hydrogens (primary N) is 1.